The zero-order chi connectivity index (χ0) is 11.4. The van der Waals surface area contributed by atoms with Crippen LogP contribution in [0.3, 0.4) is 0 Å². The van der Waals surface area contributed by atoms with Crippen LogP contribution in [0.4, 0.5) is 4.39 Å². The third-order valence-electron chi connectivity index (χ3n) is 1.97. The lowest BCUT2D eigenvalue weighted by atomic mass is 9.64. The van der Waals surface area contributed by atoms with E-state index in [2.05, 4.69) is 15.9 Å². The van der Waals surface area contributed by atoms with Crippen molar-refractivity contribution in [2.75, 3.05) is 6.61 Å². The first-order valence-electron chi connectivity index (χ1n) is 4.86. The number of benzene rings is 1. The number of rotatable bonds is 4. The van der Waals surface area contributed by atoms with Gasteiger partial charge in [0, 0.05) is 5.46 Å². The monoisotopic (exact) mass is 274 g/mol. The van der Waals surface area contributed by atoms with E-state index in [-0.39, 0.29) is 5.46 Å². The summed E-state index contributed by atoms with van der Waals surface area (Å²) >= 11 is 3.24. The van der Waals surface area contributed by atoms with E-state index >= 15 is 0 Å². The van der Waals surface area contributed by atoms with E-state index < -0.39 is 12.7 Å². The second kappa shape index (κ2) is 5.51. The van der Waals surface area contributed by atoms with E-state index in [9.17, 15) is 9.41 Å². The summed E-state index contributed by atoms with van der Waals surface area (Å²) < 4.78 is 19.3. The molecule has 5 heteroatoms. The SMILES string of the molecule is CCCOc1ccc(F)c(B(C)O)c1Br. The summed E-state index contributed by atoms with van der Waals surface area (Å²) in [6, 6.07) is 2.86. The third kappa shape index (κ3) is 2.95. The molecule has 0 unspecified atom stereocenters. The lowest BCUT2D eigenvalue weighted by Gasteiger charge is -2.12. The average Bonchev–Trinajstić information content (AvgIpc) is 2.16. The molecular formula is C10H13BBrFO2. The van der Waals surface area contributed by atoms with Crippen LogP contribution in [0.2, 0.25) is 6.82 Å². The maximum Gasteiger partial charge on any atom is 0.324 e. The Balaban J connectivity index is 3.05. The minimum absolute atomic E-state index is 0.239. The molecule has 0 aliphatic heterocycles. The van der Waals surface area contributed by atoms with Crippen molar-refractivity contribution in [1.82, 2.24) is 0 Å². The molecule has 0 aromatic heterocycles. The highest BCUT2D eigenvalue weighted by Gasteiger charge is 2.19. The summed E-state index contributed by atoms with van der Waals surface area (Å²) in [6.45, 7) is 3.23. The lowest BCUT2D eigenvalue weighted by Crippen LogP contribution is -2.31. The minimum Gasteiger partial charge on any atom is -0.492 e. The fraction of sp³-hybridized carbons (Fsp3) is 0.400. The second-order valence-electron chi connectivity index (χ2n) is 3.30. The van der Waals surface area contributed by atoms with Crippen molar-refractivity contribution in [3.05, 3.63) is 22.4 Å². The van der Waals surface area contributed by atoms with Crippen molar-refractivity contribution in [2.24, 2.45) is 0 Å². The fourth-order valence-electron chi connectivity index (χ4n) is 1.26. The average molecular weight is 275 g/mol. The van der Waals surface area contributed by atoms with Crippen LogP contribution in [-0.2, 0) is 0 Å². The molecule has 15 heavy (non-hydrogen) atoms. The molecule has 2 nitrogen and oxygen atoms in total. The summed E-state index contributed by atoms with van der Waals surface area (Å²) in [7, 11) is 0. The standard InChI is InChI=1S/C10H13BBrFO2/c1-3-6-15-8-5-4-7(13)9(10(8)12)11(2)14/h4-5,14H,3,6H2,1-2H3. The third-order valence-corrected chi connectivity index (χ3v) is 2.79. The number of hydrogen-bond acceptors (Lipinski definition) is 2. The number of hydrogen-bond donors (Lipinski definition) is 1. The molecule has 82 valence electrons. The largest absolute Gasteiger partial charge is 0.492 e. The van der Waals surface area contributed by atoms with Gasteiger partial charge < -0.3 is 9.76 Å². The van der Waals surface area contributed by atoms with Gasteiger partial charge >= 0.3 is 6.92 Å². The highest BCUT2D eigenvalue weighted by molar-refractivity contribution is 9.10. The molecule has 0 aliphatic rings. The molecule has 0 fully saturated rings. The molecule has 0 amide bonds. The molecule has 0 spiro atoms. The van der Waals surface area contributed by atoms with E-state index in [4.69, 9.17) is 4.74 Å². The zero-order valence-corrected chi connectivity index (χ0v) is 10.3. The molecule has 1 aromatic rings. The van der Waals surface area contributed by atoms with Crippen LogP contribution < -0.4 is 10.2 Å². The van der Waals surface area contributed by atoms with Crippen molar-refractivity contribution in [3.8, 4) is 5.75 Å². The highest BCUT2D eigenvalue weighted by atomic mass is 79.9. The van der Waals surface area contributed by atoms with Gasteiger partial charge in [0.15, 0.2) is 0 Å². The Morgan fingerprint density at radius 1 is 1.53 bits per heavy atom. The second-order valence-corrected chi connectivity index (χ2v) is 4.09. The smallest absolute Gasteiger partial charge is 0.324 e. The maximum absolute atomic E-state index is 13.4. The summed E-state index contributed by atoms with van der Waals surface area (Å²) in [5, 5.41) is 9.41. The van der Waals surface area contributed by atoms with Crippen molar-refractivity contribution in [1.29, 1.82) is 0 Å². The first-order valence-corrected chi connectivity index (χ1v) is 5.66. The topological polar surface area (TPSA) is 29.5 Å². The van der Waals surface area contributed by atoms with E-state index in [1.807, 2.05) is 6.92 Å². The first-order chi connectivity index (χ1) is 7.07. The van der Waals surface area contributed by atoms with Gasteiger partial charge in [0.1, 0.15) is 11.6 Å². The van der Waals surface area contributed by atoms with Gasteiger partial charge in [-0.15, -0.1) is 0 Å². The van der Waals surface area contributed by atoms with Gasteiger partial charge in [-0.05, 0) is 34.5 Å². The van der Waals surface area contributed by atoms with Crippen molar-refractivity contribution in [3.63, 3.8) is 0 Å². The van der Waals surface area contributed by atoms with Crippen LogP contribution in [0.1, 0.15) is 13.3 Å². The lowest BCUT2D eigenvalue weighted by molar-refractivity contribution is 0.315. The van der Waals surface area contributed by atoms with Gasteiger partial charge in [-0.3, -0.25) is 0 Å². The zero-order valence-electron chi connectivity index (χ0n) is 8.76. The van der Waals surface area contributed by atoms with Gasteiger partial charge in [0.25, 0.3) is 0 Å². The van der Waals surface area contributed by atoms with Crippen LogP contribution in [-0.4, -0.2) is 18.5 Å². The predicted molar refractivity (Wildman–Crippen MR) is 63.4 cm³/mol. The summed E-state index contributed by atoms with van der Waals surface area (Å²) in [6.07, 6.45) is 0.883. The number of halogens is 2. The quantitative estimate of drug-likeness (QED) is 0.853. The van der Waals surface area contributed by atoms with E-state index in [1.165, 1.54) is 12.9 Å². The molecule has 1 N–H and O–H groups in total. The van der Waals surface area contributed by atoms with Gasteiger partial charge in [-0.2, -0.15) is 0 Å². The Morgan fingerprint density at radius 2 is 2.20 bits per heavy atom. The molecule has 0 bridgehead atoms. The molecule has 0 saturated carbocycles. The molecule has 1 rings (SSSR count). The Hall–Kier alpha value is -0.545. The Morgan fingerprint density at radius 3 is 2.73 bits per heavy atom. The minimum atomic E-state index is -0.857. The summed E-state index contributed by atoms with van der Waals surface area (Å²) in [4.78, 5) is 0. The molecule has 1 aromatic carbocycles. The fourth-order valence-corrected chi connectivity index (χ4v) is 2.02. The van der Waals surface area contributed by atoms with Crippen molar-refractivity contribution in [2.45, 2.75) is 20.2 Å². The van der Waals surface area contributed by atoms with Crippen molar-refractivity contribution < 1.29 is 14.2 Å². The molecule has 0 saturated heterocycles. The highest BCUT2D eigenvalue weighted by Crippen LogP contribution is 2.24. The predicted octanol–water partition coefficient (Wildman–Crippen LogP) is 2.20. The molecule has 0 heterocycles. The first kappa shape index (κ1) is 12.5. The summed E-state index contributed by atoms with van der Waals surface area (Å²) in [5.41, 5.74) is 0.239. The molecular weight excluding hydrogens is 262 g/mol. The maximum atomic E-state index is 13.4. The van der Waals surface area contributed by atoms with Gasteiger partial charge in [0.05, 0.1) is 11.1 Å². The van der Waals surface area contributed by atoms with Crippen LogP contribution in [0.25, 0.3) is 0 Å². The Kier molecular flexibility index (Phi) is 4.60. The van der Waals surface area contributed by atoms with Gasteiger partial charge in [0.2, 0.25) is 0 Å². The van der Waals surface area contributed by atoms with E-state index in [0.29, 0.717) is 16.8 Å². The number of ether oxygens (including phenoxy) is 1. The van der Waals surface area contributed by atoms with Crippen LogP contribution in [0, 0.1) is 5.82 Å². The van der Waals surface area contributed by atoms with Crippen LogP contribution in [0.5, 0.6) is 5.75 Å². The Bertz CT molecular complexity index is 344. The van der Waals surface area contributed by atoms with Crippen LogP contribution >= 0.6 is 15.9 Å². The normalized spacial score (nSPS) is 10.2. The van der Waals surface area contributed by atoms with E-state index in [0.717, 1.165) is 6.42 Å². The van der Waals surface area contributed by atoms with E-state index in [1.54, 1.807) is 6.07 Å². The molecule has 0 atom stereocenters. The summed E-state index contributed by atoms with van der Waals surface area (Å²) in [5.74, 6) is 0.134. The molecule has 0 radical (unpaired) electrons. The van der Waals surface area contributed by atoms with Crippen molar-refractivity contribution >= 4 is 28.3 Å². The Labute approximate surface area is 97.7 Å². The van der Waals surface area contributed by atoms with Gasteiger partial charge in [-0.25, -0.2) is 4.39 Å². The molecule has 0 aliphatic carbocycles. The van der Waals surface area contributed by atoms with Crippen LogP contribution in [0.15, 0.2) is 16.6 Å². The van der Waals surface area contributed by atoms with Gasteiger partial charge in [-0.1, -0.05) is 13.7 Å².